The second kappa shape index (κ2) is 4.11. The molecule has 3 amide bonds. The quantitative estimate of drug-likeness (QED) is 0.611. The monoisotopic (exact) mass is 248 g/mol. The Hall–Kier alpha value is -1.32. The molecule has 2 aliphatic carbocycles. The van der Waals surface area contributed by atoms with Crippen LogP contribution in [0.4, 0.5) is 4.79 Å². The minimum atomic E-state index is -0.327. The van der Waals surface area contributed by atoms with Crippen molar-refractivity contribution in [3.63, 3.8) is 0 Å². The summed E-state index contributed by atoms with van der Waals surface area (Å²) in [5, 5.41) is 2.79. The van der Waals surface area contributed by atoms with Crippen molar-refractivity contribution in [3.8, 4) is 0 Å². The SMILES string of the molecule is CC(C)[C@@H]1NC(=O)N(C[C@@H]2C[C@H]3C=C[C@@H]2C3)C1=O. The van der Waals surface area contributed by atoms with Gasteiger partial charge >= 0.3 is 6.03 Å². The summed E-state index contributed by atoms with van der Waals surface area (Å²) in [6.45, 7) is 4.53. The number of hydrogen-bond acceptors (Lipinski definition) is 2. The van der Waals surface area contributed by atoms with E-state index >= 15 is 0 Å². The summed E-state index contributed by atoms with van der Waals surface area (Å²) in [7, 11) is 0. The van der Waals surface area contributed by atoms with Crippen molar-refractivity contribution in [2.75, 3.05) is 6.54 Å². The Balaban J connectivity index is 1.68. The van der Waals surface area contributed by atoms with Crippen LogP contribution in [0.3, 0.4) is 0 Å². The van der Waals surface area contributed by atoms with Gasteiger partial charge in [-0.1, -0.05) is 26.0 Å². The third kappa shape index (κ3) is 1.74. The van der Waals surface area contributed by atoms with Crippen LogP contribution < -0.4 is 5.32 Å². The van der Waals surface area contributed by atoms with Gasteiger partial charge in [-0.25, -0.2) is 4.79 Å². The van der Waals surface area contributed by atoms with Gasteiger partial charge in [0.25, 0.3) is 5.91 Å². The number of rotatable bonds is 3. The van der Waals surface area contributed by atoms with Gasteiger partial charge in [0.15, 0.2) is 0 Å². The van der Waals surface area contributed by atoms with Gasteiger partial charge in [-0.3, -0.25) is 9.69 Å². The lowest BCUT2D eigenvalue weighted by Crippen LogP contribution is -2.37. The molecule has 18 heavy (non-hydrogen) atoms. The molecule has 2 bridgehead atoms. The fourth-order valence-electron chi connectivity index (χ4n) is 3.50. The average molecular weight is 248 g/mol. The highest BCUT2D eigenvalue weighted by molar-refractivity contribution is 6.04. The smallest absolute Gasteiger partial charge is 0.324 e. The summed E-state index contributed by atoms with van der Waals surface area (Å²) in [5.41, 5.74) is 0. The van der Waals surface area contributed by atoms with E-state index in [2.05, 4.69) is 17.5 Å². The number of nitrogens with zero attached hydrogens (tertiary/aromatic N) is 1. The van der Waals surface area contributed by atoms with Crippen LogP contribution >= 0.6 is 0 Å². The van der Waals surface area contributed by atoms with Crippen molar-refractivity contribution in [1.82, 2.24) is 10.2 Å². The zero-order valence-electron chi connectivity index (χ0n) is 10.9. The van der Waals surface area contributed by atoms with Crippen LogP contribution in [0, 0.1) is 23.7 Å². The molecule has 1 saturated carbocycles. The minimum absolute atomic E-state index is 0.0400. The predicted octanol–water partition coefficient (Wildman–Crippen LogP) is 1.77. The second-order valence-corrected chi connectivity index (χ2v) is 6.16. The van der Waals surface area contributed by atoms with Crippen LogP contribution in [0.1, 0.15) is 26.7 Å². The highest BCUT2D eigenvalue weighted by Gasteiger charge is 2.43. The van der Waals surface area contributed by atoms with E-state index in [-0.39, 0.29) is 23.9 Å². The van der Waals surface area contributed by atoms with Gasteiger partial charge in [-0.2, -0.15) is 0 Å². The van der Waals surface area contributed by atoms with E-state index in [0.717, 1.165) is 6.42 Å². The van der Waals surface area contributed by atoms with E-state index in [1.807, 2.05) is 13.8 Å². The molecule has 0 aromatic heterocycles. The molecule has 3 rings (SSSR count). The molecule has 1 saturated heterocycles. The molecule has 3 aliphatic rings. The first-order valence-corrected chi connectivity index (χ1v) is 6.86. The van der Waals surface area contributed by atoms with Crippen LogP contribution in [0.15, 0.2) is 12.2 Å². The minimum Gasteiger partial charge on any atom is -0.326 e. The fraction of sp³-hybridized carbons (Fsp3) is 0.714. The maximum atomic E-state index is 12.2. The molecule has 0 radical (unpaired) electrons. The normalized spacial score (nSPS) is 38.1. The maximum Gasteiger partial charge on any atom is 0.324 e. The fourth-order valence-corrected chi connectivity index (χ4v) is 3.50. The Morgan fingerprint density at radius 2 is 2.11 bits per heavy atom. The van der Waals surface area contributed by atoms with Gasteiger partial charge < -0.3 is 5.32 Å². The molecule has 0 aromatic rings. The molecule has 4 atom stereocenters. The number of allylic oxidation sites excluding steroid dienone is 2. The van der Waals surface area contributed by atoms with Crippen molar-refractivity contribution in [3.05, 3.63) is 12.2 Å². The van der Waals surface area contributed by atoms with E-state index in [9.17, 15) is 9.59 Å². The first kappa shape index (κ1) is 11.8. The molecule has 1 N–H and O–H groups in total. The summed E-state index contributed by atoms with van der Waals surface area (Å²) in [6, 6.07) is -0.530. The van der Waals surface area contributed by atoms with E-state index in [0.29, 0.717) is 24.3 Å². The standard InChI is InChI=1S/C14H20N2O2/c1-8(2)12-13(17)16(14(18)15-12)7-11-6-9-3-4-10(11)5-9/h3-4,8-12H,5-7H2,1-2H3,(H,15,18)/t9-,10+,11-,12-/m0/s1. The highest BCUT2D eigenvalue weighted by atomic mass is 16.2. The van der Waals surface area contributed by atoms with Gasteiger partial charge in [0.1, 0.15) is 6.04 Å². The molecule has 0 aromatic carbocycles. The Labute approximate surface area is 107 Å². The van der Waals surface area contributed by atoms with Crippen molar-refractivity contribution >= 4 is 11.9 Å². The predicted molar refractivity (Wildman–Crippen MR) is 67.7 cm³/mol. The van der Waals surface area contributed by atoms with E-state index < -0.39 is 0 Å². The van der Waals surface area contributed by atoms with Crippen molar-refractivity contribution in [2.24, 2.45) is 23.7 Å². The summed E-state index contributed by atoms with van der Waals surface area (Å²) in [4.78, 5) is 25.5. The lowest BCUT2D eigenvalue weighted by molar-refractivity contribution is -0.128. The van der Waals surface area contributed by atoms with Crippen molar-refractivity contribution in [2.45, 2.75) is 32.7 Å². The van der Waals surface area contributed by atoms with Crippen LogP contribution in [0.5, 0.6) is 0 Å². The van der Waals surface area contributed by atoms with Crippen LogP contribution in [-0.2, 0) is 4.79 Å². The largest absolute Gasteiger partial charge is 0.326 e. The Bertz CT molecular complexity index is 416. The molecule has 0 unspecified atom stereocenters. The zero-order chi connectivity index (χ0) is 12.9. The Morgan fingerprint density at radius 1 is 1.33 bits per heavy atom. The Kier molecular flexibility index (Phi) is 2.68. The molecule has 4 nitrogen and oxygen atoms in total. The van der Waals surface area contributed by atoms with Gasteiger partial charge in [0.05, 0.1) is 0 Å². The maximum absolute atomic E-state index is 12.2. The number of carbonyl (C=O) groups is 2. The third-order valence-corrected chi connectivity index (χ3v) is 4.56. The van der Waals surface area contributed by atoms with Crippen LogP contribution in [-0.4, -0.2) is 29.4 Å². The van der Waals surface area contributed by atoms with Gasteiger partial charge in [0.2, 0.25) is 0 Å². The van der Waals surface area contributed by atoms with Gasteiger partial charge in [0, 0.05) is 6.54 Å². The Morgan fingerprint density at radius 3 is 2.61 bits per heavy atom. The van der Waals surface area contributed by atoms with E-state index in [1.165, 1.54) is 11.3 Å². The summed E-state index contributed by atoms with van der Waals surface area (Å²) in [6.07, 6.45) is 6.88. The van der Waals surface area contributed by atoms with E-state index in [4.69, 9.17) is 0 Å². The van der Waals surface area contributed by atoms with Crippen molar-refractivity contribution in [1.29, 1.82) is 0 Å². The molecule has 0 spiro atoms. The summed E-state index contributed by atoms with van der Waals surface area (Å²) in [5.74, 6) is 1.85. The van der Waals surface area contributed by atoms with Gasteiger partial charge in [-0.15, -0.1) is 0 Å². The van der Waals surface area contributed by atoms with Crippen LogP contribution in [0.25, 0.3) is 0 Å². The molecular weight excluding hydrogens is 228 g/mol. The van der Waals surface area contributed by atoms with Crippen LogP contribution in [0.2, 0.25) is 0 Å². The molecular formula is C14H20N2O2. The molecule has 4 heteroatoms. The molecule has 1 aliphatic heterocycles. The molecule has 2 fully saturated rings. The number of imide groups is 1. The topological polar surface area (TPSA) is 49.4 Å². The van der Waals surface area contributed by atoms with E-state index in [1.54, 1.807) is 0 Å². The number of amides is 3. The number of nitrogens with one attached hydrogen (secondary N) is 1. The molecule has 1 heterocycles. The third-order valence-electron chi connectivity index (χ3n) is 4.56. The number of fused-ring (bicyclic) bond motifs is 2. The number of urea groups is 1. The van der Waals surface area contributed by atoms with Gasteiger partial charge in [-0.05, 0) is 36.5 Å². The number of hydrogen-bond donors (Lipinski definition) is 1. The zero-order valence-corrected chi connectivity index (χ0v) is 10.9. The first-order chi connectivity index (χ1) is 8.56. The van der Waals surface area contributed by atoms with Crippen molar-refractivity contribution < 1.29 is 9.59 Å². The molecule has 98 valence electrons. The highest BCUT2D eigenvalue weighted by Crippen LogP contribution is 2.43. The first-order valence-electron chi connectivity index (χ1n) is 6.86. The summed E-state index contributed by atoms with van der Waals surface area (Å²) < 4.78 is 0. The average Bonchev–Trinajstić information content (AvgIpc) is 2.98. The summed E-state index contributed by atoms with van der Waals surface area (Å²) >= 11 is 0. The lowest BCUT2D eigenvalue weighted by atomic mass is 9.93. The number of carbonyl (C=O) groups excluding carboxylic acids is 2. The second-order valence-electron chi connectivity index (χ2n) is 6.16. The lowest BCUT2D eigenvalue weighted by Gasteiger charge is -2.23.